The van der Waals surface area contributed by atoms with Gasteiger partial charge in [-0.05, 0) is 30.7 Å². The minimum absolute atomic E-state index is 0.0855. The predicted octanol–water partition coefficient (Wildman–Crippen LogP) is 3.06. The van der Waals surface area contributed by atoms with Crippen molar-refractivity contribution < 1.29 is 4.79 Å². The zero-order valence-corrected chi connectivity index (χ0v) is 13.1. The van der Waals surface area contributed by atoms with Crippen LogP contribution in [0.25, 0.3) is 0 Å². The van der Waals surface area contributed by atoms with Crippen LogP contribution in [0, 0.1) is 5.92 Å². The predicted molar refractivity (Wildman–Crippen MR) is 84.5 cm³/mol. The smallest absolute Gasteiger partial charge is 0.221 e. The molecule has 0 saturated carbocycles. The molecule has 20 heavy (non-hydrogen) atoms. The van der Waals surface area contributed by atoms with E-state index in [0.29, 0.717) is 18.9 Å². The van der Waals surface area contributed by atoms with Crippen LogP contribution in [0.1, 0.15) is 52.0 Å². The monoisotopic (exact) mass is 276 g/mol. The van der Waals surface area contributed by atoms with Crippen molar-refractivity contribution in [3.05, 3.63) is 35.9 Å². The number of benzene rings is 1. The molecule has 3 heteroatoms. The molecule has 1 amide bonds. The van der Waals surface area contributed by atoms with Crippen LogP contribution in [0.5, 0.6) is 0 Å². The Balaban J connectivity index is 2.69. The average Bonchev–Trinajstić information content (AvgIpc) is 2.45. The van der Waals surface area contributed by atoms with E-state index in [1.165, 1.54) is 5.56 Å². The number of hydrogen-bond acceptors (Lipinski definition) is 2. The molecular formula is C17H28N2O. The summed E-state index contributed by atoms with van der Waals surface area (Å²) in [5, 5.41) is 3.11. The lowest BCUT2D eigenvalue weighted by molar-refractivity contribution is -0.123. The largest absolute Gasteiger partial charge is 0.349 e. The molecule has 3 N–H and O–H groups in total. The number of nitrogens with two attached hydrogens (primary N) is 1. The number of amides is 1. The van der Waals surface area contributed by atoms with Crippen LogP contribution in [-0.4, -0.2) is 18.0 Å². The molecule has 0 aliphatic carbocycles. The van der Waals surface area contributed by atoms with Crippen molar-refractivity contribution in [3.8, 4) is 0 Å². The quantitative estimate of drug-likeness (QED) is 0.804. The van der Waals surface area contributed by atoms with Crippen molar-refractivity contribution in [2.24, 2.45) is 11.7 Å². The fourth-order valence-corrected chi connectivity index (χ4v) is 2.25. The molecule has 3 nitrogen and oxygen atoms in total. The lowest BCUT2D eigenvalue weighted by Gasteiger charge is -2.34. The van der Waals surface area contributed by atoms with Gasteiger partial charge in [-0.3, -0.25) is 4.79 Å². The number of nitrogens with one attached hydrogen (secondary N) is 1. The van der Waals surface area contributed by atoms with Gasteiger partial charge in [0.15, 0.2) is 0 Å². The van der Waals surface area contributed by atoms with Gasteiger partial charge in [0.1, 0.15) is 0 Å². The molecule has 1 aromatic carbocycles. The highest BCUT2D eigenvalue weighted by molar-refractivity contribution is 5.77. The van der Waals surface area contributed by atoms with Crippen molar-refractivity contribution in [1.82, 2.24) is 5.32 Å². The fraction of sp³-hybridized carbons (Fsp3) is 0.588. The minimum atomic E-state index is -0.327. The van der Waals surface area contributed by atoms with Gasteiger partial charge in [0.05, 0.1) is 5.54 Å². The van der Waals surface area contributed by atoms with Gasteiger partial charge in [-0.15, -0.1) is 0 Å². The Morgan fingerprint density at radius 3 is 2.35 bits per heavy atom. The normalized spacial score (nSPS) is 15.7. The van der Waals surface area contributed by atoms with Crippen LogP contribution >= 0.6 is 0 Å². The van der Waals surface area contributed by atoms with E-state index in [-0.39, 0.29) is 17.4 Å². The molecule has 0 heterocycles. The van der Waals surface area contributed by atoms with Crippen LogP contribution < -0.4 is 11.1 Å². The van der Waals surface area contributed by atoms with Gasteiger partial charge in [0.25, 0.3) is 0 Å². The molecule has 0 spiro atoms. The lowest BCUT2D eigenvalue weighted by Crippen LogP contribution is -2.55. The molecule has 2 atom stereocenters. The van der Waals surface area contributed by atoms with Crippen molar-refractivity contribution in [2.45, 2.75) is 52.0 Å². The first-order valence-electron chi connectivity index (χ1n) is 7.49. The van der Waals surface area contributed by atoms with Gasteiger partial charge >= 0.3 is 0 Å². The Morgan fingerprint density at radius 1 is 1.30 bits per heavy atom. The summed E-state index contributed by atoms with van der Waals surface area (Å²) in [6, 6.07) is 10.2. The van der Waals surface area contributed by atoms with E-state index in [4.69, 9.17) is 5.73 Å². The third-order valence-corrected chi connectivity index (χ3v) is 4.32. The second-order valence-corrected chi connectivity index (χ2v) is 6.04. The molecule has 0 fully saturated rings. The van der Waals surface area contributed by atoms with Crippen LogP contribution in [0.15, 0.2) is 30.3 Å². The molecule has 0 aliphatic heterocycles. The van der Waals surface area contributed by atoms with Gasteiger partial charge in [-0.1, -0.05) is 51.1 Å². The van der Waals surface area contributed by atoms with Crippen molar-refractivity contribution in [2.75, 3.05) is 6.54 Å². The van der Waals surface area contributed by atoms with Gasteiger partial charge in [0.2, 0.25) is 5.91 Å². The Labute approximate surface area is 122 Å². The average molecular weight is 276 g/mol. The molecule has 1 aromatic rings. The number of rotatable bonds is 7. The summed E-state index contributed by atoms with van der Waals surface area (Å²) in [5.74, 6) is 0.668. The molecule has 0 radical (unpaired) electrons. The molecule has 112 valence electrons. The van der Waals surface area contributed by atoms with Crippen molar-refractivity contribution in [3.63, 3.8) is 0 Å². The van der Waals surface area contributed by atoms with E-state index >= 15 is 0 Å². The second kappa shape index (κ2) is 7.44. The van der Waals surface area contributed by atoms with Crippen LogP contribution in [0.3, 0.4) is 0 Å². The summed E-state index contributed by atoms with van der Waals surface area (Å²) in [4.78, 5) is 12.3. The number of hydrogen-bond donors (Lipinski definition) is 2. The third kappa shape index (κ3) is 4.34. The van der Waals surface area contributed by atoms with Gasteiger partial charge < -0.3 is 11.1 Å². The summed E-state index contributed by atoms with van der Waals surface area (Å²) >= 11 is 0. The zero-order valence-electron chi connectivity index (χ0n) is 13.1. The molecule has 2 unspecified atom stereocenters. The van der Waals surface area contributed by atoms with Crippen LogP contribution in [-0.2, 0) is 4.79 Å². The van der Waals surface area contributed by atoms with E-state index in [2.05, 4.69) is 38.2 Å². The SMILES string of the molecule is CCC(CC(=O)NC(C)(CN)C(C)C)c1ccccc1. The summed E-state index contributed by atoms with van der Waals surface area (Å²) in [7, 11) is 0. The van der Waals surface area contributed by atoms with Crippen LogP contribution in [0.2, 0.25) is 0 Å². The lowest BCUT2D eigenvalue weighted by atomic mass is 9.87. The highest BCUT2D eigenvalue weighted by Crippen LogP contribution is 2.24. The Bertz CT molecular complexity index is 416. The van der Waals surface area contributed by atoms with E-state index in [1.54, 1.807) is 0 Å². The highest BCUT2D eigenvalue weighted by atomic mass is 16.1. The maximum Gasteiger partial charge on any atom is 0.221 e. The maximum atomic E-state index is 12.3. The van der Waals surface area contributed by atoms with Gasteiger partial charge in [0, 0.05) is 13.0 Å². The molecule has 0 bridgehead atoms. The summed E-state index contributed by atoms with van der Waals surface area (Å²) in [6.45, 7) is 8.76. The maximum absolute atomic E-state index is 12.3. The summed E-state index contributed by atoms with van der Waals surface area (Å²) < 4.78 is 0. The van der Waals surface area contributed by atoms with E-state index < -0.39 is 0 Å². The minimum Gasteiger partial charge on any atom is -0.349 e. The van der Waals surface area contributed by atoms with Crippen molar-refractivity contribution >= 4 is 5.91 Å². The summed E-state index contributed by atoms with van der Waals surface area (Å²) in [5.41, 5.74) is 6.71. The van der Waals surface area contributed by atoms with E-state index in [9.17, 15) is 4.79 Å². The summed E-state index contributed by atoms with van der Waals surface area (Å²) in [6.07, 6.45) is 1.47. The highest BCUT2D eigenvalue weighted by Gasteiger charge is 2.29. The first-order valence-corrected chi connectivity index (χ1v) is 7.49. The number of carbonyl (C=O) groups is 1. The topological polar surface area (TPSA) is 55.1 Å². The van der Waals surface area contributed by atoms with Crippen LogP contribution in [0.4, 0.5) is 0 Å². The fourth-order valence-electron chi connectivity index (χ4n) is 2.25. The third-order valence-electron chi connectivity index (χ3n) is 4.32. The zero-order chi connectivity index (χ0) is 15.2. The van der Waals surface area contributed by atoms with Gasteiger partial charge in [-0.25, -0.2) is 0 Å². The Hall–Kier alpha value is -1.35. The standard InChI is InChI=1S/C17H28N2O/c1-5-14(15-9-7-6-8-10-15)11-16(20)19-17(4,12-18)13(2)3/h6-10,13-14H,5,11-12,18H2,1-4H3,(H,19,20). The van der Waals surface area contributed by atoms with E-state index in [1.807, 2.05) is 25.1 Å². The Morgan fingerprint density at radius 2 is 1.90 bits per heavy atom. The van der Waals surface area contributed by atoms with Crippen molar-refractivity contribution in [1.29, 1.82) is 0 Å². The first kappa shape index (κ1) is 16.7. The second-order valence-electron chi connectivity index (χ2n) is 6.04. The molecule has 1 rings (SSSR count). The molecule has 0 aliphatic rings. The Kier molecular flexibility index (Phi) is 6.21. The molecule has 0 aromatic heterocycles. The molecular weight excluding hydrogens is 248 g/mol. The van der Waals surface area contributed by atoms with Gasteiger partial charge in [-0.2, -0.15) is 0 Å². The molecule has 0 saturated heterocycles. The van der Waals surface area contributed by atoms with E-state index in [0.717, 1.165) is 6.42 Å². The first-order chi connectivity index (χ1) is 9.42. The number of carbonyl (C=O) groups excluding carboxylic acids is 1.